The molecule has 130 valence electrons. The van der Waals surface area contributed by atoms with Crippen LogP contribution in [0.2, 0.25) is 0 Å². The molecule has 0 unspecified atom stereocenters. The van der Waals surface area contributed by atoms with Crippen molar-refractivity contribution in [1.29, 1.82) is 0 Å². The number of carbonyl (C=O) groups excluding carboxylic acids is 1. The summed E-state index contributed by atoms with van der Waals surface area (Å²) in [5.74, 6) is 0. The van der Waals surface area contributed by atoms with Crippen LogP contribution in [0.3, 0.4) is 0 Å². The van der Waals surface area contributed by atoms with E-state index in [-0.39, 0.29) is 6.03 Å². The first-order chi connectivity index (χ1) is 12.7. The predicted molar refractivity (Wildman–Crippen MR) is 109 cm³/mol. The maximum atomic E-state index is 12.0. The topological polar surface area (TPSA) is 53.2 Å². The number of benzene rings is 3. The van der Waals surface area contributed by atoms with Gasteiger partial charge in [-0.2, -0.15) is 0 Å². The Balaban J connectivity index is 1.52. The Labute approximate surface area is 153 Å². The van der Waals surface area contributed by atoms with E-state index in [1.807, 2.05) is 91.9 Å². The number of carbonyl (C=O) groups is 1. The third-order valence-corrected chi connectivity index (χ3v) is 3.87. The van der Waals surface area contributed by atoms with Crippen molar-refractivity contribution < 1.29 is 4.79 Å². The van der Waals surface area contributed by atoms with E-state index >= 15 is 0 Å². The molecule has 3 rings (SSSR count). The SMILES string of the molecule is Cc1ccccc1/C=C/NC(=O)Nc1ccc(Nc2ccccc2)cc1. The van der Waals surface area contributed by atoms with Gasteiger partial charge in [-0.1, -0.05) is 42.5 Å². The van der Waals surface area contributed by atoms with Crippen molar-refractivity contribution in [3.05, 3.63) is 96.2 Å². The summed E-state index contributed by atoms with van der Waals surface area (Å²) < 4.78 is 0. The van der Waals surface area contributed by atoms with E-state index in [4.69, 9.17) is 0 Å². The largest absolute Gasteiger partial charge is 0.356 e. The van der Waals surface area contributed by atoms with Gasteiger partial charge >= 0.3 is 6.03 Å². The summed E-state index contributed by atoms with van der Waals surface area (Å²) in [6.07, 6.45) is 3.52. The fourth-order valence-electron chi connectivity index (χ4n) is 2.47. The molecule has 0 atom stereocenters. The molecule has 2 amide bonds. The second kappa shape index (κ2) is 8.53. The van der Waals surface area contributed by atoms with Crippen LogP contribution in [0.15, 0.2) is 85.1 Å². The molecule has 0 bridgehead atoms. The third-order valence-electron chi connectivity index (χ3n) is 3.87. The van der Waals surface area contributed by atoms with Crippen molar-refractivity contribution in [3.63, 3.8) is 0 Å². The molecular weight excluding hydrogens is 322 g/mol. The maximum Gasteiger partial charge on any atom is 0.323 e. The van der Waals surface area contributed by atoms with Gasteiger partial charge < -0.3 is 16.0 Å². The van der Waals surface area contributed by atoms with Crippen LogP contribution in [0.5, 0.6) is 0 Å². The number of rotatable bonds is 5. The second-order valence-corrected chi connectivity index (χ2v) is 5.86. The smallest absolute Gasteiger partial charge is 0.323 e. The fourth-order valence-corrected chi connectivity index (χ4v) is 2.47. The number of hydrogen-bond acceptors (Lipinski definition) is 2. The van der Waals surface area contributed by atoms with Crippen LogP contribution in [0.1, 0.15) is 11.1 Å². The standard InChI is InChI=1S/C22H21N3O/c1-17-7-5-6-8-18(17)15-16-23-22(26)25-21-13-11-20(12-14-21)24-19-9-3-2-4-10-19/h2-16,24H,1H3,(H2,23,25,26)/b16-15+. The summed E-state index contributed by atoms with van der Waals surface area (Å²) >= 11 is 0. The Kier molecular flexibility index (Phi) is 5.68. The summed E-state index contributed by atoms with van der Waals surface area (Å²) in [4.78, 5) is 12.0. The molecule has 3 aromatic rings. The first-order valence-electron chi connectivity index (χ1n) is 8.42. The molecule has 4 heteroatoms. The highest BCUT2D eigenvalue weighted by Crippen LogP contribution is 2.18. The van der Waals surface area contributed by atoms with Crippen molar-refractivity contribution in [2.75, 3.05) is 10.6 Å². The minimum absolute atomic E-state index is 0.279. The molecule has 0 fully saturated rings. The van der Waals surface area contributed by atoms with E-state index in [2.05, 4.69) is 16.0 Å². The van der Waals surface area contributed by atoms with Crippen molar-refractivity contribution in [1.82, 2.24) is 5.32 Å². The number of urea groups is 1. The average Bonchev–Trinajstić information content (AvgIpc) is 2.66. The number of hydrogen-bond donors (Lipinski definition) is 3. The molecule has 0 saturated carbocycles. The van der Waals surface area contributed by atoms with Crippen LogP contribution in [0.4, 0.5) is 21.9 Å². The van der Waals surface area contributed by atoms with E-state index in [9.17, 15) is 4.79 Å². The van der Waals surface area contributed by atoms with Crippen LogP contribution in [-0.2, 0) is 0 Å². The Bertz CT molecular complexity index is 887. The average molecular weight is 343 g/mol. The summed E-state index contributed by atoms with van der Waals surface area (Å²) in [5, 5.41) is 8.82. The normalized spacial score (nSPS) is 10.5. The van der Waals surface area contributed by atoms with Gasteiger partial charge in [0.1, 0.15) is 0 Å². The van der Waals surface area contributed by atoms with Gasteiger partial charge in [0, 0.05) is 23.3 Å². The Morgan fingerprint density at radius 2 is 1.38 bits per heavy atom. The van der Waals surface area contributed by atoms with Crippen molar-refractivity contribution >= 4 is 29.2 Å². The molecule has 3 N–H and O–H groups in total. The van der Waals surface area contributed by atoms with Crippen LogP contribution < -0.4 is 16.0 Å². The van der Waals surface area contributed by atoms with Gasteiger partial charge in [-0.05, 0) is 60.5 Å². The molecule has 0 saturated heterocycles. The summed E-state index contributed by atoms with van der Waals surface area (Å²) in [5.41, 5.74) is 4.94. The monoisotopic (exact) mass is 343 g/mol. The molecule has 0 heterocycles. The Hall–Kier alpha value is -3.53. The number of amides is 2. The highest BCUT2D eigenvalue weighted by atomic mass is 16.2. The third kappa shape index (κ3) is 4.98. The molecule has 0 spiro atoms. The van der Waals surface area contributed by atoms with E-state index in [0.717, 1.165) is 28.2 Å². The van der Waals surface area contributed by atoms with Crippen molar-refractivity contribution in [3.8, 4) is 0 Å². The summed E-state index contributed by atoms with van der Waals surface area (Å²) in [6.45, 7) is 2.03. The zero-order valence-corrected chi connectivity index (χ0v) is 14.6. The first kappa shape index (κ1) is 17.3. The first-order valence-corrected chi connectivity index (χ1v) is 8.42. The van der Waals surface area contributed by atoms with E-state index in [1.165, 1.54) is 0 Å². The number of nitrogens with one attached hydrogen (secondary N) is 3. The number of anilines is 3. The molecule has 0 aliphatic heterocycles. The Morgan fingerprint density at radius 3 is 2.12 bits per heavy atom. The summed E-state index contributed by atoms with van der Waals surface area (Å²) in [6, 6.07) is 25.2. The lowest BCUT2D eigenvalue weighted by atomic mass is 10.1. The lowest BCUT2D eigenvalue weighted by Gasteiger charge is -2.08. The minimum atomic E-state index is -0.279. The van der Waals surface area contributed by atoms with Gasteiger partial charge in [0.05, 0.1) is 0 Å². The molecule has 0 aliphatic rings. The molecule has 3 aromatic carbocycles. The van der Waals surface area contributed by atoms with Crippen LogP contribution in [0.25, 0.3) is 6.08 Å². The van der Waals surface area contributed by atoms with E-state index in [1.54, 1.807) is 6.20 Å². The van der Waals surface area contributed by atoms with Crippen molar-refractivity contribution in [2.24, 2.45) is 0 Å². The highest BCUT2D eigenvalue weighted by molar-refractivity contribution is 5.90. The zero-order chi connectivity index (χ0) is 18.2. The van der Waals surface area contributed by atoms with E-state index < -0.39 is 0 Å². The van der Waals surface area contributed by atoms with E-state index in [0.29, 0.717) is 0 Å². The van der Waals surface area contributed by atoms with Gasteiger partial charge in [0.2, 0.25) is 0 Å². The molecule has 0 radical (unpaired) electrons. The minimum Gasteiger partial charge on any atom is -0.356 e. The zero-order valence-electron chi connectivity index (χ0n) is 14.6. The predicted octanol–water partition coefficient (Wildman–Crippen LogP) is 5.53. The quantitative estimate of drug-likeness (QED) is 0.570. The van der Waals surface area contributed by atoms with Gasteiger partial charge in [-0.25, -0.2) is 4.79 Å². The molecular formula is C22H21N3O. The van der Waals surface area contributed by atoms with Gasteiger partial charge in [-0.3, -0.25) is 0 Å². The Morgan fingerprint density at radius 1 is 0.769 bits per heavy atom. The van der Waals surface area contributed by atoms with Crippen molar-refractivity contribution in [2.45, 2.75) is 6.92 Å². The number of aryl methyl sites for hydroxylation is 1. The lowest BCUT2D eigenvalue weighted by molar-refractivity contribution is 0.255. The van der Waals surface area contributed by atoms with Crippen LogP contribution in [0, 0.1) is 6.92 Å². The van der Waals surface area contributed by atoms with Gasteiger partial charge in [0.25, 0.3) is 0 Å². The molecule has 4 nitrogen and oxygen atoms in total. The fraction of sp³-hybridized carbons (Fsp3) is 0.0455. The second-order valence-electron chi connectivity index (χ2n) is 5.86. The highest BCUT2D eigenvalue weighted by Gasteiger charge is 2.00. The van der Waals surface area contributed by atoms with Crippen LogP contribution in [-0.4, -0.2) is 6.03 Å². The maximum absolute atomic E-state index is 12.0. The van der Waals surface area contributed by atoms with Crippen LogP contribution >= 0.6 is 0 Å². The molecule has 0 aromatic heterocycles. The van der Waals surface area contributed by atoms with Gasteiger partial charge in [0.15, 0.2) is 0 Å². The molecule has 26 heavy (non-hydrogen) atoms. The lowest BCUT2D eigenvalue weighted by Crippen LogP contribution is -2.23. The summed E-state index contributed by atoms with van der Waals surface area (Å²) in [7, 11) is 0. The van der Waals surface area contributed by atoms with Gasteiger partial charge in [-0.15, -0.1) is 0 Å². The number of para-hydroxylation sites is 1. The molecule has 0 aliphatic carbocycles.